The van der Waals surface area contributed by atoms with Gasteiger partial charge in [0.25, 0.3) is 0 Å². The predicted octanol–water partition coefficient (Wildman–Crippen LogP) is 2.16. The third-order valence-electron chi connectivity index (χ3n) is 3.66. The second kappa shape index (κ2) is 5.64. The van der Waals surface area contributed by atoms with E-state index in [4.69, 9.17) is 15.2 Å². The van der Waals surface area contributed by atoms with Crippen LogP contribution in [0.1, 0.15) is 4.88 Å². The van der Waals surface area contributed by atoms with Crippen LogP contribution in [0.25, 0.3) is 21.5 Å². The molecule has 122 valence electrons. The number of carbonyl (C=O) groups excluding carboxylic acids is 1. The molecule has 0 saturated carbocycles. The number of carbonyl (C=O) groups is 1. The van der Waals surface area contributed by atoms with Crippen LogP contribution in [0.3, 0.4) is 0 Å². The Balaban J connectivity index is 1.89. The standard InChI is InChI=1S/C16H14N4O3S/c1-18-16-19-14(8-2-3-11-12(4-8)23-7-22-11)10-5-9(6-13(17)21)24-15(10)20-16/h2-5H,6-7H2,1H3,(H2,17,21)(H,18,19,20). The largest absolute Gasteiger partial charge is 0.454 e. The predicted molar refractivity (Wildman–Crippen MR) is 91.4 cm³/mol. The van der Waals surface area contributed by atoms with E-state index < -0.39 is 0 Å². The van der Waals surface area contributed by atoms with Crippen molar-refractivity contribution < 1.29 is 14.3 Å². The lowest BCUT2D eigenvalue weighted by Gasteiger charge is -2.06. The summed E-state index contributed by atoms with van der Waals surface area (Å²) in [4.78, 5) is 21.9. The number of hydrogen-bond acceptors (Lipinski definition) is 7. The smallest absolute Gasteiger partial charge is 0.231 e. The first kappa shape index (κ1) is 14.7. The maximum Gasteiger partial charge on any atom is 0.231 e. The lowest BCUT2D eigenvalue weighted by atomic mass is 10.1. The van der Waals surface area contributed by atoms with E-state index in [0.29, 0.717) is 11.7 Å². The van der Waals surface area contributed by atoms with Crippen LogP contribution >= 0.6 is 11.3 Å². The molecule has 1 aliphatic rings. The number of thiophene rings is 1. The van der Waals surface area contributed by atoms with E-state index in [2.05, 4.69) is 15.3 Å². The average Bonchev–Trinajstić information content (AvgIpc) is 3.18. The summed E-state index contributed by atoms with van der Waals surface area (Å²) in [5, 5.41) is 3.85. The molecule has 1 aliphatic heterocycles. The number of nitrogens with one attached hydrogen (secondary N) is 1. The number of ether oxygens (including phenoxy) is 2. The first-order valence-electron chi connectivity index (χ1n) is 7.30. The summed E-state index contributed by atoms with van der Waals surface area (Å²) in [7, 11) is 1.77. The zero-order valence-corrected chi connectivity index (χ0v) is 13.6. The van der Waals surface area contributed by atoms with Gasteiger partial charge in [0.05, 0.1) is 12.1 Å². The summed E-state index contributed by atoms with van der Waals surface area (Å²) in [5.74, 6) is 1.56. The van der Waals surface area contributed by atoms with Crippen molar-refractivity contribution in [3.63, 3.8) is 0 Å². The Labute approximate surface area is 141 Å². The number of amides is 1. The molecular formula is C16H14N4O3S. The van der Waals surface area contributed by atoms with Crippen LogP contribution in [-0.2, 0) is 11.2 Å². The summed E-state index contributed by atoms with van der Waals surface area (Å²) in [6.45, 7) is 0.223. The molecule has 0 saturated heterocycles. The van der Waals surface area contributed by atoms with Gasteiger partial charge in [0.2, 0.25) is 18.6 Å². The van der Waals surface area contributed by atoms with Gasteiger partial charge < -0.3 is 20.5 Å². The highest BCUT2D eigenvalue weighted by molar-refractivity contribution is 7.18. The number of hydrogen-bond donors (Lipinski definition) is 2. The molecule has 3 aromatic rings. The van der Waals surface area contributed by atoms with Crippen LogP contribution in [0.5, 0.6) is 11.5 Å². The van der Waals surface area contributed by atoms with Crippen molar-refractivity contribution in [3.05, 3.63) is 29.1 Å². The Morgan fingerprint density at radius 1 is 1.29 bits per heavy atom. The molecule has 0 fully saturated rings. The average molecular weight is 342 g/mol. The lowest BCUT2D eigenvalue weighted by Crippen LogP contribution is -2.12. The van der Waals surface area contributed by atoms with Crippen LogP contribution < -0.4 is 20.5 Å². The maximum atomic E-state index is 11.2. The van der Waals surface area contributed by atoms with Crippen molar-refractivity contribution in [3.8, 4) is 22.8 Å². The molecule has 24 heavy (non-hydrogen) atoms. The highest BCUT2D eigenvalue weighted by Gasteiger charge is 2.18. The van der Waals surface area contributed by atoms with Gasteiger partial charge in [-0.25, -0.2) is 9.97 Å². The molecule has 1 amide bonds. The number of rotatable bonds is 4. The minimum atomic E-state index is -0.368. The van der Waals surface area contributed by atoms with Crippen LogP contribution in [-0.4, -0.2) is 29.7 Å². The van der Waals surface area contributed by atoms with Gasteiger partial charge in [-0.1, -0.05) is 0 Å². The Morgan fingerprint density at radius 2 is 2.12 bits per heavy atom. The Kier molecular flexibility index (Phi) is 3.46. The van der Waals surface area contributed by atoms with Crippen molar-refractivity contribution in [2.75, 3.05) is 19.2 Å². The Bertz CT molecular complexity index is 954. The Morgan fingerprint density at radius 3 is 2.92 bits per heavy atom. The van der Waals surface area contributed by atoms with Crippen molar-refractivity contribution >= 4 is 33.4 Å². The van der Waals surface area contributed by atoms with Crippen LogP contribution in [0, 0.1) is 0 Å². The van der Waals surface area contributed by atoms with Gasteiger partial charge in [-0.15, -0.1) is 11.3 Å². The van der Waals surface area contributed by atoms with Crippen molar-refractivity contribution in [1.82, 2.24) is 9.97 Å². The second-order valence-corrected chi connectivity index (χ2v) is 6.40. The van der Waals surface area contributed by atoms with E-state index in [1.807, 2.05) is 24.3 Å². The second-order valence-electron chi connectivity index (χ2n) is 5.29. The van der Waals surface area contributed by atoms with Crippen molar-refractivity contribution in [1.29, 1.82) is 0 Å². The molecule has 3 heterocycles. The summed E-state index contributed by atoms with van der Waals surface area (Å²) in [5.41, 5.74) is 6.97. The number of fused-ring (bicyclic) bond motifs is 2. The van der Waals surface area contributed by atoms with Crippen molar-refractivity contribution in [2.45, 2.75) is 6.42 Å². The zero-order chi connectivity index (χ0) is 16.7. The molecule has 0 atom stereocenters. The monoisotopic (exact) mass is 342 g/mol. The van der Waals surface area contributed by atoms with E-state index in [1.54, 1.807) is 7.05 Å². The fraction of sp³-hybridized carbons (Fsp3) is 0.188. The van der Waals surface area contributed by atoms with E-state index in [0.717, 1.165) is 32.1 Å². The number of anilines is 1. The summed E-state index contributed by atoms with van der Waals surface area (Å²) < 4.78 is 10.8. The molecule has 0 bridgehead atoms. The number of aromatic nitrogens is 2. The van der Waals surface area contributed by atoms with Gasteiger partial charge in [-0.2, -0.15) is 0 Å². The fourth-order valence-electron chi connectivity index (χ4n) is 2.61. The molecule has 0 radical (unpaired) electrons. The van der Waals surface area contributed by atoms with Crippen LogP contribution in [0.15, 0.2) is 24.3 Å². The lowest BCUT2D eigenvalue weighted by molar-refractivity contribution is -0.117. The summed E-state index contributed by atoms with van der Waals surface area (Å²) in [6, 6.07) is 7.61. The van der Waals surface area contributed by atoms with E-state index >= 15 is 0 Å². The molecular weight excluding hydrogens is 328 g/mol. The van der Waals surface area contributed by atoms with Gasteiger partial charge >= 0.3 is 0 Å². The van der Waals surface area contributed by atoms with Gasteiger partial charge in [-0.05, 0) is 24.3 Å². The molecule has 7 nitrogen and oxygen atoms in total. The third-order valence-corrected chi connectivity index (χ3v) is 4.69. The van der Waals surface area contributed by atoms with Gasteiger partial charge in [0.15, 0.2) is 11.5 Å². The molecule has 1 aromatic carbocycles. The number of nitrogens with two attached hydrogens (primary N) is 1. The Hall–Kier alpha value is -2.87. The number of benzene rings is 1. The van der Waals surface area contributed by atoms with E-state index in [9.17, 15) is 4.79 Å². The highest BCUT2D eigenvalue weighted by atomic mass is 32.1. The van der Waals surface area contributed by atoms with Gasteiger partial charge in [0.1, 0.15) is 4.83 Å². The number of primary amides is 1. The summed E-state index contributed by atoms with van der Waals surface area (Å²) in [6.07, 6.45) is 0.191. The minimum absolute atomic E-state index is 0.191. The topological polar surface area (TPSA) is 99.4 Å². The fourth-order valence-corrected chi connectivity index (χ4v) is 3.64. The molecule has 4 rings (SSSR count). The SMILES string of the molecule is CNc1nc(-c2ccc3c(c2)OCO3)c2cc(CC(N)=O)sc2n1. The molecule has 8 heteroatoms. The van der Waals surface area contributed by atoms with Crippen molar-refractivity contribution in [2.24, 2.45) is 5.73 Å². The quantitative estimate of drug-likeness (QED) is 0.754. The van der Waals surface area contributed by atoms with E-state index in [1.165, 1.54) is 11.3 Å². The summed E-state index contributed by atoms with van der Waals surface area (Å²) >= 11 is 1.44. The first-order valence-corrected chi connectivity index (χ1v) is 8.12. The van der Waals surface area contributed by atoms with Gasteiger partial charge in [-0.3, -0.25) is 4.79 Å². The molecule has 3 N–H and O–H groups in total. The molecule has 0 aliphatic carbocycles. The van der Waals surface area contributed by atoms with Crippen LogP contribution in [0.2, 0.25) is 0 Å². The zero-order valence-electron chi connectivity index (χ0n) is 12.8. The van der Waals surface area contributed by atoms with E-state index in [-0.39, 0.29) is 19.1 Å². The van der Waals surface area contributed by atoms with Crippen LogP contribution in [0.4, 0.5) is 5.95 Å². The number of nitrogens with zero attached hydrogens (tertiary/aromatic N) is 2. The molecule has 2 aromatic heterocycles. The minimum Gasteiger partial charge on any atom is -0.454 e. The third kappa shape index (κ3) is 2.50. The highest BCUT2D eigenvalue weighted by Crippen LogP contribution is 2.38. The maximum absolute atomic E-state index is 11.2. The molecule has 0 spiro atoms. The van der Waals surface area contributed by atoms with Gasteiger partial charge in [0, 0.05) is 22.9 Å². The first-order chi connectivity index (χ1) is 11.6. The molecule has 0 unspecified atom stereocenters. The normalized spacial score (nSPS) is 12.5.